The standard InChI is InChI=1S/C9H17NSSi/c1-12(2,3)8-4-5-9-10-6-7-11-9/h9-10H,5-7H2,1-3H3. The average molecular weight is 199 g/mol. The predicted molar refractivity (Wildman–Crippen MR) is 60.0 cm³/mol. The first-order valence-corrected chi connectivity index (χ1v) is 8.98. The van der Waals surface area contributed by atoms with Crippen molar-refractivity contribution < 1.29 is 0 Å². The summed E-state index contributed by atoms with van der Waals surface area (Å²) in [5.41, 5.74) is 3.38. The molecule has 0 aromatic heterocycles. The number of hydrogen-bond donors (Lipinski definition) is 1. The van der Waals surface area contributed by atoms with E-state index in [1.165, 1.54) is 5.75 Å². The minimum Gasteiger partial charge on any atom is -0.304 e. The van der Waals surface area contributed by atoms with Crippen molar-refractivity contribution in [1.82, 2.24) is 5.32 Å². The van der Waals surface area contributed by atoms with Crippen molar-refractivity contribution in [1.29, 1.82) is 0 Å². The van der Waals surface area contributed by atoms with E-state index in [0.717, 1.165) is 13.0 Å². The summed E-state index contributed by atoms with van der Waals surface area (Å²) in [5, 5.41) is 4.02. The summed E-state index contributed by atoms with van der Waals surface area (Å²) in [4.78, 5) is 0. The third kappa shape index (κ3) is 4.20. The normalized spacial score (nSPS) is 23.4. The van der Waals surface area contributed by atoms with Crippen LogP contribution in [0.15, 0.2) is 0 Å². The molecule has 0 aromatic rings. The topological polar surface area (TPSA) is 12.0 Å². The van der Waals surface area contributed by atoms with Gasteiger partial charge in [0.15, 0.2) is 0 Å². The molecule has 0 spiro atoms. The van der Waals surface area contributed by atoms with Gasteiger partial charge in [0, 0.05) is 18.7 Å². The van der Waals surface area contributed by atoms with Gasteiger partial charge in [0.1, 0.15) is 8.07 Å². The fourth-order valence-corrected chi connectivity index (χ4v) is 2.61. The third-order valence-corrected chi connectivity index (χ3v) is 3.65. The molecule has 1 N–H and O–H groups in total. The quantitative estimate of drug-likeness (QED) is 0.511. The lowest BCUT2D eigenvalue weighted by molar-refractivity contribution is 0.726. The maximum atomic E-state index is 3.42. The largest absolute Gasteiger partial charge is 0.304 e. The fourth-order valence-electron chi connectivity index (χ4n) is 1.02. The van der Waals surface area contributed by atoms with Crippen LogP contribution in [0.5, 0.6) is 0 Å². The highest BCUT2D eigenvalue weighted by Gasteiger charge is 2.13. The Hall–Kier alpha value is 0.0869. The maximum absolute atomic E-state index is 3.42. The monoisotopic (exact) mass is 199 g/mol. The molecule has 12 heavy (non-hydrogen) atoms. The van der Waals surface area contributed by atoms with Crippen molar-refractivity contribution in [2.24, 2.45) is 0 Å². The van der Waals surface area contributed by atoms with Gasteiger partial charge in [-0.1, -0.05) is 19.6 Å². The van der Waals surface area contributed by atoms with E-state index in [4.69, 9.17) is 0 Å². The van der Waals surface area contributed by atoms with Crippen molar-refractivity contribution >= 4 is 19.8 Å². The Morgan fingerprint density at radius 3 is 2.75 bits per heavy atom. The summed E-state index contributed by atoms with van der Waals surface area (Å²) < 4.78 is 0. The van der Waals surface area contributed by atoms with E-state index >= 15 is 0 Å². The van der Waals surface area contributed by atoms with Gasteiger partial charge in [-0.05, 0) is 0 Å². The number of hydrogen-bond acceptors (Lipinski definition) is 2. The molecule has 0 radical (unpaired) electrons. The molecule has 1 aliphatic heterocycles. The minimum atomic E-state index is -1.13. The Morgan fingerprint density at radius 2 is 2.25 bits per heavy atom. The van der Waals surface area contributed by atoms with E-state index in [0.29, 0.717) is 5.37 Å². The van der Waals surface area contributed by atoms with Crippen LogP contribution in [0, 0.1) is 11.5 Å². The average Bonchev–Trinajstić information content (AvgIpc) is 2.36. The van der Waals surface area contributed by atoms with Gasteiger partial charge in [0.05, 0.1) is 5.37 Å². The molecule has 1 heterocycles. The second-order valence-electron chi connectivity index (χ2n) is 4.07. The van der Waals surface area contributed by atoms with Gasteiger partial charge in [0.2, 0.25) is 0 Å². The minimum absolute atomic E-state index is 0.605. The Labute approximate surface area is 80.7 Å². The van der Waals surface area contributed by atoms with E-state index in [-0.39, 0.29) is 0 Å². The Morgan fingerprint density at radius 1 is 1.50 bits per heavy atom. The molecular formula is C9H17NSSi. The second-order valence-corrected chi connectivity index (χ2v) is 10.1. The zero-order chi connectivity index (χ0) is 9.03. The lowest BCUT2D eigenvalue weighted by Crippen LogP contribution is -2.20. The van der Waals surface area contributed by atoms with E-state index in [9.17, 15) is 0 Å². The zero-order valence-electron chi connectivity index (χ0n) is 8.11. The van der Waals surface area contributed by atoms with Gasteiger partial charge < -0.3 is 5.32 Å². The Bertz CT molecular complexity index is 193. The molecule has 0 amide bonds. The summed E-state index contributed by atoms with van der Waals surface area (Å²) >= 11 is 1.99. The second kappa shape index (κ2) is 4.36. The van der Waals surface area contributed by atoms with E-state index < -0.39 is 8.07 Å². The summed E-state index contributed by atoms with van der Waals surface area (Å²) in [6.07, 6.45) is 1.02. The highest BCUT2D eigenvalue weighted by Crippen LogP contribution is 2.15. The van der Waals surface area contributed by atoms with Gasteiger partial charge in [-0.2, -0.15) is 0 Å². The van der Waals surface area contributed by atoms with E-state index in [1.54, 1.807) is 0 Å². The zero-order valence-corrected chi connectivity index (χ0v) is 9.92. The van der Waals surface area contributed by atoms with Crippen LogP contribution in [0.25, 0.3) is 0 Å². The first-order valence-electron chi connectivity index (χ1n) is 4.43. The van der Waals surface area contributed by atoms with Gasteiger partial charge >= 0.3 is 0 Å². The van der Waals surface area contributed by atoms with E-state index in [1.807, 2.05) is 11.8 Å². The lowest BCUT2D eigenvalue weighted by Gasteiger charge is -2.05. The van der Waals surface area contributed by atoms with Gasteiger partial charge in [0.25, 0.3) is 0 Å². The molecular weight excluding hydrogens is 182 g/mol. The smallest absolute Gasteiger partial charge is 0.129 e. The molecule has 1 rings (SSSR count). The van der Waals surface area contributed by atoms with Crippen LogP contribution >= 0.6 is 11.8 Å². The molecule has 0 bridgehead atoms. The van der Waals surface area contributed by atoms with Crippen LogP contribution in [-0.4, -0.2) is 25.7 Å². The number of rotatable bonds is 1. The van der Waals surface area contributed by atoms with E-state index in [2.05, 4.69) is 36.4 Å². The fraction of sp³-hybridized carbons (Fsp3) is 0.778. The molecule has 1 aliphatic rings. The first kappa shape index (κ1) is 10.2. The van der Waals surface area contributed by atoms with Crippen LogP contribution < -0.4 is 5.32 Å². The predicted octanol–water partition coefficient (Wildman–Crippen LogP) is 1.92. The van der Waals surface area contributed by atoms with Gasteiger partial charge in [-0.3, -0.25) is 0 Å². The molecule has 1 fully saturated rings. The van der Waals surface area contributed by atoms with Crippen LogP contribution in [-0.2, 0) is 0 Å². The van der Waals surface area contributed by atoms with Crippen LogP contribution in [0.4, 0.5) is 0 Å². The molecule has 0 aliphatic carbocycles. The molecule has 1 saturated heterocycles. The molecule has 0 aromatic carbocycles. The van der Waals surface area contributed by atoms with Crippen LogP contribution in [0.2, 0.25) is 19.6 Å². The maximum Gasteiger partial charge on any atom is 0.129 e. The van der Waals surface area contributed by atoms with Crippen molar-refractivity contribution in [2.75, 3.05) is 12.3 Å². The Balaban J connectivity index is 2.26. The molecule has 1 atom stereocenters. The molecule has 0 saturated carbocycles. The SMILES string of the molecule is C[Si](C)(C)C#CCC1NCCS1. The summed E-state index contributed by atoms with van der Waals surface area (Å²) in [6.45, 7) is 8.02. The Kier molecular flexibility index (Phi) is 3.69. The summed E-state index contributed by atoms with van der Waals surface area (Å²) in [6, 6.07) is 0. The first-order chi connectivity index (χ1) is 5.58. The number of thioether (sulfide) groups is 1. The highest BCUT2D eigenvalue weighted by molar-refractivity contribution is 8.00. The van der Waals surface area contributed by atoms with Crippen molar-refractivity contribution in [3.8, 4) is 11.5 Å². The van der Waals surface area contributed by atoms with Crippen LogP contribution in [0.1, 0.15) is 6.42 Å². The lowest BCUT2D eigenvalue weighted by atomic mass is 10.4. The van der Waals surface area contributed by atoms with Crippen LogP contribution in [0.3, 0.4) is 0 Å². The van der Waals surface area contributed by atoms with Crippen molar-refractivity contribution in [3.05, 3.63) is 0 Å². The molecule has 68 valence electrons. The molecule has 1 unspecified atom stereocenters. The molecule has 3 heteroatoms. The summed E-state index contributed by atoms with van der Waals surface area (Å²) in [5.74, 6) is 4.54. The van der Waals surface area contributed by atoms with Gasteiger partial charge in [-0.15, -0.1) is 23.2 Å². The highest BCUT2D eigenvalue weighted by atomic mass is 32.2. The third-order valence-electron chi connectivity index (χ3n) is 1.54. The summed E-state index contributed by atoms with van der Waals surface area (Å²) in [7, 11) is -1.13. The molecule has 1 nitrogen and oxygen atoms in total. The van der Waals surface area contributed by atoms with Gasteiger partial charge in [-0.25, -0.2) is 0 Å². The number of nitrogens with one attached hydrogen (secondary N) is 1. The van der Waals surface area contributed by atoms with Crippen molar-refractivity contribution in [2.45, 2.75) is 31.4 Å². The van der Waals surface area contributed by atoms with Crippen molar-refractivity contribution in [3.63, 3.8) is 0 Å².